The molecule has 6 nitrogen and oxygen atoms in total. The first kappa shape index (κ1) is 20.9. The molecule has 0 atom stereocenters. The number of guanidine groups is 1. The SMILES string of the molecule is CCNC(=NCCC(c1ccccc1)c1ccccc1)NCCS(N)(=O)=O. The lowest BCUT2D eigenvalue weighted by Gasteiger charge is -2.18. The average molecular weight is 389 g/mol. The maximum atomic E-state index is 11.1. The fraction of sp³-hybridized carbons (Fsp3) is 0.350. The molecule has 0 radical (unpaired) electrons. The van der Waals surface area contributed by atoms with Gasteiger partial charge in [0.15, 0.2) is 5.96 Å². The van der Waals surface area contributed by atoms with Crippen LogP contribution in [0.4, 0.5) is 0 Å². The van der Waals surface area contributed by atoms with E-state index in [2.05, 4.69) is 39.9 Å². The van der Waals surface area contributed by atoms with Gasteiger partial charge in [-0.05, 0) is 24.5 Å². The third-order valence-corrected chi connectivity index (χ3v) is 4.89. The Balaban J connectivity index is 2.04. The molecule has 0 bridgehead atoms. The van der Waals surface area contributed by atoms with E-state index < -0.39 is 10.0 Å². The molecule has 0 aliphatic rings. The first-order valence-corrected chi connectivity index (χ1v) is 10.8. The molecular weight excluding hydrogens is 360 g/mol. The number of nitrogens with one attached hydrogen (secondary N) is 2. The summed E-state index contributed by atoms with van der Waals surface area (Å²) in [6.07, 6.45) is 0.847. The molecule has 27 heavy (non-hydrogen) atoms. The van der Waals surface area contributed by atoms with Gasteiger partial charge in [0, 0.05) is 25.6 Å². The van der Waals surface area contributed by atoms with Crippen LogP contribution in [0.1, 0.15) is 30.4 Å². The molecule has 0 fully saturated rings. The van der Waals surface area contributed by atoms with E-state index in [-0.39, 0.29) is 18.2 Å². The van der Waals surface area contributed by atoms with E-state index in [0.717, 1.165) is 6.42 Å². The summed E-state index contributed by atoms with van der Waals surface area (Å²) in [5.74, 6) is 0.720. The predicted molar refractivity (Wildman–Crippen MR) is 111 cm³/mol. The van der Waals surface area contributed by atoms with Crippen LogP contribution in [0.25, 0.3) is 0 Å². The number of nitrogens with two attached hydrogens (primary N) is 1. The monoisotopic (exact) mass is 388 g/mol. The van der Waals surface area contributed by atoms with E-state index in [1.165, 1.54) is 11.1 Å². The number of aliphatic imine (C=N–C) groups is 1. The van der Waals surface area contributed by atoms with Gasteiger partial charge in [-0.25, -0.2) is 13.6 Å². The van der Waals surface area contributed by atoms with Crippen LogP contribution in [0.15, 0.2) is 65.7 Å². The maximum absolute atomic E-state index is 11.1. The molecule has 7 heteroatoms. The third-order valence-electron chi connectivity index (χ3n) is 4.11. The van der Waals surface area contributed by atoms with Crippen LogP contribution in [-0.2, 0) is 10.0 Å². The Morgan fingerprint density at radius 3 is 2.04 bits per heavy atom. The van der Waals surface area contributed by atoms with Crippen molar-refractivity contribution in [3.8, 4) is 0 Å². The number of sulfonamides is 1. The van der Waals surface area contributed by atoms with Crippen LogP contribution in [-0.4, -0.2) is 39.8 Å². The highest BCUT2D eigenvalue weighted by Gasteiger charge is 2.13. The van der Waals surface area contributed by atoms with Crippen molar-refractivity contribution in [2.24, 2.45) is 10.1 Å². The first-order valence-electron chi connectivity index (χ1n) is 9.12. The zero-order valence-electron chi connectivity index (χ0n) is 15.6. The number of hydrogen-bond acceptors (Lipinski definition) is 3. The second-order valence-electron chi connectivity index (χ2n) is 6.22. The van der Waals surface area contributed by atoms with Gasteiger partial charge in [0.1, 0.15) is 0 Å². The van der Waals surface area contributed by atoms with Gasteiger partial charge >= 0.3 is 0 Å². The Morgan fingerprint density at radius 2 is 1.56 bits per heavy atom. The van der Waals surface area contributed by atoms with Gasteiger partial charge in [0.25, 0.3) is 0 Å². The molecule has 0 heterocycles. The molecule has 2 aromatic rings. The summed E-state index contributed by atoms with van der Waals surface area (Å²) >= 11 is 0. The fourth-order valence-corrected chi connectivity index (χ4v) is 3.24. The van der Waals surface area contributed by atoms with E-state index in [1.807, 2.05) is 43.3 Å². The minimum absolute atomic E-state index is 0.131. The summed E-state index contributed by atoms with van der Waals surface area (Å²) in [6.45, 7) is 3.50. The lowest BCUT2D eigenvalue weighted by atomic mass is 9.89. The molecule has 0 saturated carbocycles. The molecule has 2 rings (SSSR count). The lowest BCUT2D eigenvalue weighted by molar-refractivity contribution is 0.596. The van der Waals surface area contributed by atoms with Gasteiger partial charge in [-0.3, -0.25) is 4.99 Å². The summed E-state index contributed by atoms with van der Waals surface area (Å²) in [4.78, 5) is 4.58. The Kier molecular flexibility index (Phi) is 8.29. The van der Waals surface area contributed by atoms with Gasteiger partial charge in [-0.1, -0.05) is 60.7 Å². The van der Waals surface area contributed by atoms with Crippen LogP contribution in [0.3, 0.4) is 0 Å². The highest BCUT2D eigenvalue weighted by atomic mass is 32.2. The Labute approximate surface area is 162 Å². The van der Waals surface area contributed by atoms with E-state index in [1.54, 1.807) is 0 Å². The molecule has 0 amide bonds. The predicted octanol–water partition coefficient (Wildman–Crippen LogP) is 2.05. The van der Waals surface area contributed by atoms with Gasteiger partial charge in [0.2, 0.25) is 10.0 Å². The van der Waals surface area contributed by atoms with E-state index >= 15 is 0 Å². The number of hydrogen-bond donors (Lipinski definition) is 3. The summed E-state index contributed by atoms with van der Waals surface area (Å²) in [7, 11) is -3.49. The first-order chi connectivity index (χ1) is 13.0. The zero-order chi connectivity index (χ0) is 19.5. The van der Waals surface area contributed by atoms with Crippen LogP contribution < -0.4 is 15.8 Å². The van der Waals surface area contributed by atoms with Gasteiger partial charge in [-0.2, -0.15) is 0 Å². The van der Waals surface area contributed by atoms with E-state index in [9.17, 15) is 8.42 Å². The summed E-state index contributed by atoms with van der Waals surface area (Å²) in [5.41, 5.74) is 2.51. The van der Waals surface area contributed by atoms with Crippen molar-refractivity contribution in [2.45, 2.75) is 19.3 Å². The van der Waals surface area contributed by atoms with E-state index in [0.29, 0.717) is 19.0 Å². The van der Waals surface area contributed by atoms with Crippen molar-refractivity contribution < 1.29 is 8.42 Å². The maximum Gasteiger partial charge on any atom is 0.210 e. The highest BCUT2D eigenvalue weighted by Crippen LogP contribution is 2.27. The van der Waals surface area contributed by atoms with E-state index in [4.69, 9.17) is 5.14 Å². The van der Waals surface area contributed by atoms with Crippen molar-refractivity contribution >= 4 is 16.0 Å². The van der Waals surface area contributed by atoms with Gasteiger partial charge in [-0.15, -0.1) is 0 Å². The third kappa shape index (κ3) is 7.80. The van der Waals surface area contributed by atoms with Crippen LogP contribution in [0.5, 0.6) is 0 Å². The average Bonchev–Trinajstić information content (AvgIpc) is 2.65. The molecule has 0 spiro atoms. The molecular formula is C20H28N4O2S. The second-order valence-corrected chi connectivity index (χ2v) is 7.95. The number of rotatable bonds is 9. The Morgan fingerprint density at radius 1 is 1.00 bits per heavy atom. The topological polar surface area (TPSA) is 96.6 Å². The van der Waals surface area contributed by atoms with Crippen molar-refractivity contribution in [1.82, 2.24) is 10.6 Å². The molecule has 0 saturated heterocycles. The fourth-order valence-electron chi connectivity index (χ4n) is 2.86. The number of primary sulfonamides is 1. The minimum atomic E-state index is -3.49. The Bertz CT molecular complexity index is 769. The second kappa shape index (κ2) is 10.7. The zero-order valence-corrected chi connectivity index (χ0v) is 16.5. The van der Waals surface area contributed by atoms with Crippen LogP contribution >= 0.6 is 0 Å². The minimum Gasteiger partial charge on any atom is -0.357 e. The largest absolute Gasteiger partial charge is 0.357 e. The van der Waals surface area contributed by atoms with Crippen molar-refractivity contribution in [2.75, 3.05) is 25.4 Å². The smallest absolute Gasteiger partial charge is 0.210 e. The summed E-state index contributed by atoms with van der Waals surface area (Å²) < 4.78 is 22.1. The standard InChI is InChI=1S/C20H28N4O2S/c1-2-22-20(24-15-16-27(21,25)26)23-14-13-19(17-9-5-3-6-10-17)18-11-7-4-8-12-18/h3-12,19H,2,13-16H2,1H3,(H2,21,25,26)(H2,22,23,24). The molecule has 0 aromatic heterocycles. The van der Waals surface area contributed by atoms with Crippen LogP contribution in [0, 0.1) is 0 Å². The number of benzene rings is 2. The van der Waals surface area contributed by atoms with Crippen molar-refractivity contribution in [3.63, 3.8) is 0 Å². The molecule has 0 aliphatic heterocycles. The molecule has 146 valence electrons. The van der Waals surface area contributed by atoms with Crippen LogP contribution in [0.2, 0.25) is 0 Å². The highest BCUT2D eigenvalue weighted by molar-refractivity contribution is 7.89. The summed E-state index contributed by atoms with van der Waals surface area (Å²) in [6, 6.07) is 20.8. The normalized spacial score (nSPS) is 12.2. The lowest BCUT2D eigenvalue weighted by Crippen LogP contribution is -2.40. The Hall–Kier alpha value is -2.38. The molecule has 0 unspecified atom stereocenters. The molecule has 0 aliphatic carbocycles. The van der Waals surface area contributed by atoms with Gasteiger partial charge in [0.05, 0.1) is 5.75 Å². The van der Waals surface area contributed by atoms with Crippen molar-refractivity contribution in [3.05, 3.63) is 71.8 Å². The summed E-state index contributed by atoms with van der Waals surface area (Å²) in [5, 5.41) is 11.2. The van der Waals surface area contributed by atoms with Crippen molar-refractivity contribution in [1.29, 1.82) is 0 Å². The molecule has 2 aromatic carbocycles. The van der Waals surface area contributed by atoms with Gasteiger partial charge < -0.3 is 10.6 Å². The molecule has 4 N–H and O–H groups in total. The number of nitrogens with zero attached hydrogens (tertiary/aromatic N) is 1. The quantitative estimate of drug-likeness (QED) is 0.452.